The Labute approximate surface area is 122 Å². The van der Waals surface area contributed by atoms with Gasteiger partial charge in [0, 0.05) is 29.6 Å². The molecule has 3 nitrogen and oxygen atoms in total. The molecule has 5 heteroatoms. The van der Waals surface area contributed by atoms with Gasteiger partial charge in [0.05, 0.1) is 6.61 Å². The molecule has 2 aromatic rings. The van der Waals surface area contributed by atoms with Crippen molar-refractivity contribution in [1.82, 2.24) is 10.3 Å². The van der Waals surface area contributed by atoms with E-state index in [1.54, 1.807) is 23.6 Å². The zero-order chi connectivity index (χ0) is 14.2. The van der Waals surface area contributed by atoms with Gasteiger partial charge in [0.25, 0.3) is 5.88 Å². The first-order chi connectivity index (χ1) is 9.81. The highest BCUT2D eigenvalue weighted by Gasteiger charge is 2.10. The summed E-state index contributed by atoms with van der Waals surface area (Å²) in [5, 5.41) is 5.20. The molecule has 0 aromatic carbocycles. The first-order valence-corrected chi connectivity index (χ1v) is 7.68. The third-order valence-electron chi connectivity index (χ3n) is 2.85. The number of hydrogen-bond donors (Lipinski definition) is 1. The van der Waals surface area contributed by atoms with Gasteiger partial charge in [-0.1, -0.05) is 13.0 Å². The Balaban J connectivity index is 1.88. The molecule has 2 heterocycles. The number of halogens is 1. The quantitative estimate of drug-likeness (QED) is 0.758. The molecule has 0 radical (unpaired) electrons. The Kier molecular flexibility index (Phi) is 5.95. The summed E-state index contributed by atoms with van der Waals surface area (Å²) in [4.78, 5) is 5.19. The van der Waals surface area contributed by atoms with E-state index in [1.807, 2.05) is 17.5 Å². The van der Waals surface area contributed by atoms with E-state index in [1.165, 1.54) is 4.88 Å². The van der Waals surface area contributed by atoms with E-state index in [-0.39, 0.29) is 11.7 Å². The van der Waals surface area contributed by atoms with Crippen molar-refractivity contribution in [3.63, 3.8) is 0 Å². The molecule has 108 valence electrons. The maximum absolute atomic E-state index is 14.1. The normalized spacial score (nSPS) is 10.7. The van der Waals surface area contributed by atoms with E-state index < -0.39 is 0 Å². The van der Waals surface area contributed by atoms with Crippen molar-refractivity contribution in [3.05, 3.63) is 46.0 Å². The molecule has 0 amide bonds. The van der Waals surface area contributed by atoms with Gasteiger partial charge >= 0.3 is 0 Å². The molecule has 0 saturated carbocycles. The number of ether oxygens (including phenoxy) is 1. The molecule has 0 aliphatic heterocycles. The molecule has 2 aromatic heterocycles. The minimum absolute atomic E-state index is 0.0948. The van der Waals surface area contributed by atoms with Crippen molar-refractivity contribution in [2.24, 2.45) is 0 Å². The van der Waals surface area contributed by atoms with Crippen molar-refractivity contribution < 1.29 is 9.13 Å². The van der Waals surface area contributed by atoms with Crippen LogP contribution in [0.1, 0.15) is 23.8 Å². The molecule has 0 aliphatic rings. The zero-order valence-corrected chi connectivity index (χ0v) is 12.4. The molecule has 0 spiro atoms. The molecular weight excluding hydrogens is 275 g/mol. The highest BCUT2D eigenvalue weighted by Crippen LogP contribution is 2.18. The summed E-state index contributed by atoms with van der Waals surface area (Å²) in [6, 6.07) is 5.73. The summed E-state index contributed by atoms with van der Waals surface area (Å²) in [5.41, 5.74) is 0.597. The minimum atomic E-state index is -0.359. The predicted octanol–water partition coefficient (Wildman–Crippen LogP) is 3.40. The Bertz CT molecular complexity index is 517. The Morgan fingerprint density at radius 3 is 3.05 bits per heavy atom. The van der Waals surface area contributed by atoms with Crippen LogP contribution in [0.25, 0.3) is 0 Å². The minimum Gasteiger partial charge on any atom is -0.475 e. The first-order valence-electron chi connectivity index (χ1n) is 6.80. The van der Waals surface area contributed by atoms with Gasteiger partial charge in [-0.25, -0.2) is 9.37 Å². The van der Waals surface area contributed by atoms with Gasteiger partial charge in [-0.05, 0) is 30.5 Å². The molecule has 20 heavy (non-hydrogen) atoms. The standard InChI is InChI=1S/C15H19FN2OS/c1-2-7-17-11-12-5-8-18-15(14(12)16)19-9-6-13-4-3-10-20-13/h3-5,8,10,17H,2,6-7,9,11H2,1H3. The summed E-state index contributed by atoms with van der Waals surface area (Å²) >= 11 is 1.67. The molecule has 0 bridgehead atoms. The fourth-order valence-electron chi connectivity index (χ4n) is 1.80. The van der Waals surface area contributed by atoms with Gasteiger partial charge in [0.1, 0.15) is 0 Å². The summed E-state index contributed by atoms with van der Waals surface area (Å²) in [7, 11) is 0. The van der Waals surface area contributed by atoms with Crippen molar-refractivity contribution in [2.45, 2.75) is 26.3 Å². The van der Waals surface area contributed by atoms with Crippen LogP contribution in [0, 0.1) is 5.82 Å². The van der Waals surface area contributed by atoms with E-state index in [4.69, 9.17) is 4.74 Å². The maximum atomic E-state index is 14.1. The fourth-order valence-corrected chi connectivity index (χ4v) is 2.49. The predicted molar refractivity (Wildman–Crippen MR) is 79.7 cm³/mol. The average molecular weight is 294 g/mol. The van der Waals surface area contributed by atoms with Crippen LogP contribution in [0.2, 0.25) is 0 Å². The molecular formula is C15H19FN2OS. The van der Waals surface area contributed by atoms with Crippen LogP contribution in [0.15, 0.2) is 29.8 Å². The van der Waals surface area contributed by atoms with Gasteiger partial charge in [-0.3, -0.25) is 0 Å². The third kappa shape index (κ3) is 4.28. The van der Waals surface area contributed by atoms with Crippen LogP contribution in [-0.2, 0) is 13.0 Å². The van der Waals surface area contributed by atoms with Crippen LogP contribution in [0.3, 0.4) is 0 Å². The van der Waals surface area contributed by atoms with Crippen molar-refractivity contribution >= 4 is 11.3 Å². The smallest absolute Gasteiger partial charge is 0.250 e. The van der Waals surface area contributed by atoms with Gasteiger partial charge in [-0.2, -0.15) is 0 Å². The molecule has 0 atom stereocenters. The molecule has 0 fully saturated rings. The van der Waals surface area contributed by atoms with Gasteiger partial charge in [-0.15, -0.1) is 11.3 Å². The molecule has 2 rings (SSSR count). The Hall–Kier alpha value is -1.46. The van der Waals surface area contributed by atoms with Crippen molar-refractivity contribution in [2.75, 3.05) is 13.2 Å². The fraction of sp³-hybridized carbons (Fsp3) is 0.400. The van der Waals surface area contributed by atoms with E-state index >= 15 is 0 Å². The highest BCUT2D eigenvalue weighted by molar-refractivity contribution is 7.09. The van der Waals surface area contributed by atoms with E-state index in [0.29, 0.717) is 18.7 Å². The van der Waals surface area contributed by atoms with Crippen molar-refractivity contribution in [3.8, 4) is 5.88 Å². The molecule has 1 N–H and O–H groups in total. The summed E-state index contributed by atoms with van der Waals surface area (Å²) < 4.78 is 19.6. The topological polar surface area (TPSA) is 34.2 Å². The molecule has 0 unspecified atom stereocenters. The lowest BCUT2D eigenvalue weighted by Crippen LogP contribution is -2.15. The van der Waals surface area contributed by atoms with Crippen LogP contribution < -0.4 is 10.1 Å². The summed E-state index contributed by atoms with van der Waals surface area (Å²) in [6.07, 6.45) is 3.39. The lowest BCUT2D eigenvalue weighted by molar-refractivity contribution is 0.291. The van der Waals surface area contributed by atoms with E-state index in [0.717, 1.165) is 19.4 Å². The van der Waals surface area contributed by atoms with E-state index in [2.05, 4.69) is 17.2 Å². The number of thiophene rings is 1. The van der Waals surface area contributed by atoms with E-state index in [9.17, 15) is 4.39 Å². The lowest BCUT2D eigenvalue weighted by atomic mass is 10.2. The average Bonchev–Trinajstić information content (AvgIpc) is 2.96. The third-order valence-corrected chi connectivity index (χ3v) is 3.78. The lowest BCUT2D eigenvalue weighted by Gasteiger charge is -2.09. The molecule has 0 saturated heterocycles. The molecule has 0 aliphatic carbocycles. The van der Waals surface area contributed by atoms with Crippen LogP contribution >= 0.6 is 11.3 Å². The first kappa shape index (κ1) is 14.9. The largest absolute Gasteiger partial charge is 0.475 e. The number of hydrogen-bond acceptors (Lipinski definition) is 4. The van der Waals surface area contributed by atoms with Gasteiger partial charge in [0.2, 0.25) is 0 Å². The second kappa shape index (κ2) is 7.97. The number of aromatic nitrogens is 1. The number of nitrogens with one attached hydrogen (secondary N) is 1. The monoisotopic (exact) mass is 294 g/mol. The maximum Gasteiger partial charge on any atom is 0.250 e. The number of pyridine rings is 1. The number of nitrogens with zero attached hydrogens (tertiary/aromatic N) is 1. The van der Waals surface area contributed by atoms with Crippen molar-refractivity contribution in [1.29, 1.82) is 0 Å². The van der Waals surface area contributed by atoms with Gasteiger partial charge < -0.3 is 10.1 Å². The van der Waals surface area contributed by atoms with Crippen LogP contribution in [-0.4, -0.2) is 18.1 Å². The van der Waals surface area contributed by atoms with Crippen LogP contribution in [0.5, 0.6) is 5.88 Å². The highest BCUT2D eigenvalue weighted by atomic mass is 32.1. The van der Waals surface area contributed by atoms with Crippen LogP contribution in [0.4, 0.5) is 4.39 Å². The SMILES string of the molecule is CCCNCc1ccnc(OCCc2cccs2)c1F. The Morgan fingerprint density at radius 2 is 2.30 bits per heavy atom. The summed E-state index contributed by atoms with van der Waals surface area (Å²) in [5.74, 6) is -0.264. The zero-order valence-electron chi connectivity index (χ0n) is 11.6. The Morgan fingerprint density at radius 1 is 1.40 bits per heavy atom. The summed E-state index contributed by atoms with van der Waals surface area (Å²) in [6.45, 7) is 3.89. The second-order valence-corrected chi connectivity index (χ2v) is 5.48. The number of rotatable bonds is 8. The second-order valence-electron chi connectivity index (χ2n) is 4.44. The van der Waals surface area contributed by atoms with Gasteiger partial charge in [0.15, 0.2) is 5.82 Å².